The number of aryl methyl sites for hydroxylation is 1. The van der Waals surface area contributed by atoms with Crippen molar-refractivity contribution in [1.29, 1.82) is 0 Å². The maximum Gasteiger partial charge on any atom is 0.285 e. The summed E-state index contributed by atoms with van der Waals surface area (Å²) in [5, 5.41) is 4.08. The number of nitrogens with one attached hydrogen (secondary N) is 1. The van der Waals surface area contributed by atoms with E-state index in [1.54, 1.807) is 36.0 Å². The molecule has 0 fully saturated rings. The van der Waals surface area contributed by atoms with E-state index in [9.17, 15) is 9.59 Å². The van der Waals surface area contributed by atoms with Crippen molar-refractivity contribution in [2.24, 2.45) is 5.84 Å². The highest BCUT2D eigenvalue weighted by Crippen LogP contribution is 2.03. The Hall–Kier alpha value is -2.41. The number of hydrazine groups is 1. The van der Waals surface area contributed by atoms with Crippen LogP contribution < -0.4 is 16.8 Å². The van der Waals surface area contributed by atoms with Crippen LogP contribution in [0.5, 0.6) is 0 Å². The number of pyridine rings is 1. The van der Waals surface area contributed by atoms with Gasteiger partial charge in [0.25, 0.3) is 11.5 Å². The number of rotatable bonds is 3. The van der Waals surface area contributed by atoms with Gasteiger partial charge in [0.1, 0.15) is 6.67 Å². The highest BCUT2D eigenvalue weighted by atomic mass is 16.2. The summed E-state index contributed by atoms with van der Waals surface area (Å²) in [4.78, 5) is 22.9. The number of nitrogens with two attached hydrogens (primary N) is 1. The summed E-state index contributed by atoms with van der Waals surface area (Å²) in [6.07, 6.45) is 1.66. The smallest absolute Gasteiger partial charge is 0.285 e. The van der Waals surface area contributed by atoms with Gasteiger partial charge in [-0.15, -0.1) is 0 Å². The molecule has 0 atom stereocenters. The van der Waals surface area contributed by atoms with Gasteiger partial charge in [0.15, 0.2) is 5.69 Å². The molecule has 0 unspecified atom stereocenters. The van der Waals surface area contributed by atoms with Gasteiger partial charge in [-0.05, 0) is 19.1 Å². The Labute approximate surface area is 103 Å². The Morgan fingerprint density at radius 2 is 2.28 bits per heavy atom. The second kappa shape index (κ2) is 4.84. The molecule has 0 saturated carbocycles. The number of nitrogen functional groups attached to an aromatic ring is 1. The summed E-state index contributed by atoms with van der Waals surface area (Å²) in [5.74, 6) is 4.58. The van der Waals surface area contributed by atoms with Crippen LogP contribution >= 0.6 is 0 Å². The van der Waals surface area contributed by atoms with Crippen LogP contribution in [0.3, 0.4) is 0 Å². The molecule has 1 amide bonds. The highest BCUT2D eigenvalue weighted by Gasteiger charge is 2.11. The molecule has 0 aromatic carbocycles. The van der Waals surface area contributed by atoms with E-state index in [0.29, 0.717) is 0 Å². The molecule has 2 aromatic heterocycles. The van der Waals surface area contributed by atoms with Crippen LogP contribution in [0.15, 0.2) is 35.3 Å². The van der Waals surface area contributed by atoms with Crippen LogP contribution in [0.1, 0.15) is 16.2 Å². The average molecular weight is 247 g/mol. The third-order valence-electron chi connectivity index (χ3n) is 2.53. The lowest BCUT2D eigenvalue weighted by Gasteiger charge is -2.06. The molecule has 0 aliphatic heterocycles. The Morgan fingerprint density at radius 3 is 2.94 bits per heavy atom. The number of amides is 1. The molecule has 0 bridgehead atoms. The molecule has 2 heterocycles. The summed E-state index contributed by atoms with van der Waals surface area (Å²) in [6.45, 7) is 2.05. The molecule has 0 aliphatic rings. The van der Waals surface area contributed by atoms with Gasteiger partial charge in [-0.1, -0.05) is 6.07 Å². The van der Waals surface area contributed by atoms with Crippen molar-refractivity contribution in [1.82, 2.24) is 19.8 Å². The number of nitrogens with zero attached hydrogens (tertiary/aromatic N) is 3. The van der Waals surface area contributed by atoms with Crippen molar-refractivity contribution in [3.63, 3.8) is 0 Å². The fourth-order valence-corrected chi connectivity index (χ4v) is 1.56. The summed E-state index contributed by atoms with van der Waals surface area (Å²) in [7, 11) is 0. The average Bonchev–Trinajstić information content (AvgIpc) is 2.73. The number of carbonyl (C=O) groups excluding carboxylic acids is 1. The number of aromatic nitrogens is 3. The quantitative estimate of drug-likeness (QED) is 0.432. The monoisotopic (exact) mass is 247 g/mol. The zero-order valence-corrected chi connectivity index (χ0v) is 9.83. The lowest BCUT2D eigenvalue weighted by molar-refractivity contribution is 0.0947. The van der Waals surface area contributed by atoms with Gasteiger partial charge in [-0.2, -0.15) is 5.10 Å². The third-order valence-corrected chi connectivity index (χ3v) is 2.53. The third kappa shape index (κ3) is 2.30. The molecule has 2 rings (SSSR count). The maximum absolute atomic E-state index is 11.6. The standard InChI is InChI=1S/C11H13N5O2/c1-8-6-9(11(18)13-12)14-16(8)7-15-5-3-2-4-10(15)17/h2-6H,7,12H2,1H3,(H,13,18). The van der Waals surface area contributed by atoms with Gasteiger partial charge >= 0.3 is 0 Å². The first kappa shape index (κ1) is 12.1. The number of carbonyl (C=O) groups is 1. The summed E-state index contributed by atoms with van der Waals surface area (Å²) >= 11 is 0. The summed E-state index contributed by atoms with van der Waals surface area (Å²) in [6, 6.07) is 6.50. The molecule has 3 N–H and O–H groups in total. The summed E-state index contributed by atoms with van der Waals surface area (Å²) < 4.78 is 3.05. The lowest BCUT2D eigenvalue weighted by Crippen LogP contribution is -2.30. The van der Waals surface area contributed by atoms with Gasteiger partial charge in [0, 0.05) is 18.0 Å². The van der Waals surface area contributed by atoms with Crippen LogP contribution in [0, 0.1) is 6.92 Å². The Morgan fingerprint density at radius 1 is 1.50 bits per heavy atom. The molecule has 7 heteroatoms. The first-order valence-electron chi connectivity index (χ1n) is 5.32. The molecule has 94 valence electrons. The van der Waals surface area contributed by atoms with E-state index >= 15 is 0 Å². The Balaban J connectivity index is 2.30. The Bertz CT molecular complexity index is 628. The first-order chi connectivity index (χ1) is 8.61. The largest absolute Gasteiger partial charge is 0.295 e. The van der Waals surface area contributed by atoms with E-state index in [4.69, 9.17) is 5.84 Å². The van der Waals surface area contributed by atoms with Crippen molar-refractivity contribution in [2.45, 2.75) is 13.6 Å². The lowest BCUT2D eigenvalue weighted by atomic mass is 10.3. The molecular weight excluding hydrogens is 234 g/mol. The maximum atomic E-state index is 11.6. The van der Waals surface area contributed by atoms with E-state index in [-0.39, 0.29) is 17.9 Å². The highest BCUT2D eigenvalue weighted by molar-refractivity contribution is 5.91. The van der Waals surface area contributed by atoms with E-state index in [0.717, 1.165) is 5.69 Å². The molecular formula is C11H13N5O2. The minimum absolute atomic E-state index is 0.128. The minimum atomic E-state index is -0.461. The normalized spacial score (nSPS) is 10.3. The van der Waals surface area contributed by atoms with Crippen molar-refractivity contribution in [3.8, 4) is 0 Å². The fourth-order valence-electron chi connectivity index (χ4n) is 1.56. The van der Waals surface area contributed by atoms with Gasteiger partial charge in [0.2, 0.25) is 0 Å². The molecule has 2 aromatic rings. The van der Waals surface area contributed by atoms with Crippen LogP contribution in [-0.2, 0) is 6.67 Å². The molecule has 0 saturated heterocycles. The topological polar surface area (TPSA) is 94.9 Å². The van der Waals surface area contributed by atoms with E-state index in [2.05, 4.69) is 5.10 Å². The second-order valence-electron chi connectivity index (χ2n) is 3.79. The van der Waals surface area contributed by atoms with Crippen molar-refractivity contribution in [3.05, 3.63) is 52.2 Å². The predicted octanol–water partition coefficient (Wildman–Crippen LogP) is -0.537. The zero-order valence-electron chi connectivity index (χ0n) is 9.83. The van der Waals surface area contributed by atoms with Crippen LogP contribution in [0.25, 0.3) is 0 Å². The Kier molecular flexibility index (Phi) is 3.24. The fraction of sp³-hybridized carbons (Fsp3) is 0.182. The van der Waals surface area contributed by atoms with Gasteiger partial charge in [-0.3, -0.25) is 19.6 Å². The van der Waals surface area contributed by atoms with E-state index in [1.165, 1.54) is 10.6 Å². The number of hydrogen-bond donors (Lipinski definition) is 2. The van der Waals surface area contributed by atoms with Crippen molar-refractivity contribution < 1.29 is 4.79 Å². The molecule has 0 spiro atoms. The van der Waals surface area contributed by atoms with E-state index in [1.807, 2.05) is 5.43 Å². The van der Waals surface area contributed by atoms with Crippen LogP contribution in [0.2, 0.25) is 0 Å². The van der Waals surface area contributed by atoms with Crippen LogP contribution in [0.4, 0.5) is 0 Å². The molecule has 0 radical (unpaired) electrons. The van der Waals surface area contributed by atoms with Crippen molar-refractivity contribution in [2.75, 3.05) is 0 Å². The van der Waals surface area contributed by atoms with Gasteiger partial charge < -0.3 is 0 Å². The van der Waals surface area contributed by atoms with Crippen LogP contribution in [-0.4, -0.2) is 20.3 Å². The SMILES string of the molecule is Cc1cc(C(=O)NN)nn1Cn1ccccc1=O. The summed E-state index contributed by atoms with van der Waals surface area (Å²) in [5.41, 5.74) is 2.88. The van der Waals surface area contributed by atoms with Crippen molar-refractivity contribution >= 4 is 5.91 Å². The second-order valence-corrected chi connectivity index (χ2v) is 3.79. The van der Waals surface area contributed by atoms with Gasteiger partial charge in [0.05, 0.1) is 0 Å². The minimum Gasteiger partial charge on any atom is -0.295 e. The first-order valence-corrected chi connectivity index (χ1v) is 5.32. The molecule has 18 heavy (non-hydrogen) atoms. The molecule has 7 nitrogen and oxygen atoms in total. The number of hydrogen-bond acceptors (Lipinski definition) is 4. The molecule has 0 aliphatic carbocycles. The predicted molar refractivity (Wildman–Crippen MR) is 64.7 cm³/mol. The zero-order chi connectivity index (χ0) is 13.1. The van der Waals surface area contributed by atoms with Gasteiger partial charge in [-0.25, -0.2) is 10.5 Å². The van der Waals surface area contributed by atoms with E-state index < -0.39 is 5.91 Å².